The molecule has 0 aliphatic carbocycles. The second-order valence-electron chi connectivity index (χ2n) is 8.06. The second-order valence-corrected chi connectivity index (χ2v) is 8.06. The molecule has 0 N–H and O–H groups in total. The molecule has 1 aliphatic heterocycles. The number of likely N-dealkylation sites (tertiary alicyclic amines) is 1. The number of rotatable bonds is 6. The lowest BCUT2D eigenvalue weighted by Gasteiger charge is -2.35. The van der Waals surface area contributed by atoms with E-state index < -0.39 is 0 Å². The van der Waals surface area contributed by atoms with Crippen molar-refractivity contribution in [1.82, 2.24) is 14.8 Å². The van der Waals surface area contributed by atoms with E-state index in [-0.39, 0.29) is 5.91 Å². The molecular formula is C25H29N3O2. The first-order valence-electron chi connectivity index (χ1n) is 10.7. The van der Waals surface area contributed by atoms with Crippen molar-refractivity contribution in [2.24, 2.45) is 0 Å². The largest absolute Gasteiger partial charge is 0.440 e. The zero-order valence-corrected chi connectivity index (χ0v) is 17.8. The Kier molecular flexibility index (Phi) is 6.29. The average Bonchev–Trinajstić information content (AvgIpc) is 3.23. The van der Waals surface area contributed by atoms with Crippen LogP contribution in [0.15, 0.2) is 65.1 Å². The number of benzene rings is 2. The van der Waals surface area contributed by atoms with Crippen LogP contribution in [-0.4, -0.2) is 53.9 Å². The third-order valence-electron chi connectivity index (χ3n) is 5.94. The standard InChI is InChI=1S/C25H29N3O2/c1-27-17-15-21(16-18-27)28(2)23(29)14-13-22-26-24(19-9-5-3-6-10-19)25(30-22)20-11-7-4-8-12-20/h3-12,21H,13-18H2,1-2H3. The lowest BCUT2D eigenvalue weighted by Crippen LogP contribution is -2.44. The minimum absolute atomic E-state index is 0.158. The Bertz CT molecular complexity index is 904. The van der Waals surface area contributed by atoms with Gasteiger partial charge < -0.3 is 14.2 Å². The van der Waals surface area contributed by atoms with Crippen molar-refractivity contribution in [2.75, 3.05) is 27.2 Å². The van der Waals surface area contributed by atoms with E-state index in [0.717, 1.165) is 48.5 Å². The SMILES string of the molecule is CN1CCC(N(C)C(=O)CCc2nc(-c3ccccc3)c(-c3ccccc3)o2)CC1. The Morgan fingerprint density at radius 3 is 2.27 bits per heavy atom. The van der Waals surface area contributed by atoms with Gasteiger partial charge >= 0.3 is 0 Å². The molecule has 156 valence electrons. The fourth-order valence-electron chi connectivity index (χ4n) is 4.02. The number of aromatic nitrogens is 1. The zero-order chi connectivity index (χ0) is 20.9. The summed E-state index contributed by atoms with van der Waals surface area (Å²) in [6.45, 7) is 2.09. The van der Waals surface area contributed by atoms with Gasteiger partial charge in [0, 0.05) is 37.1 Å². The van der Waals surface area contributed by atoms with Gasteiger partial charge in [0.1, 0.15) is 5.69 Å². The van der Waals surface area contributed by atoms with Gasteiger partial charge in [0.25, 0.3) is 0 Å². The molecule has 30 heavy (non-hydrogen) atoms. The summed E-state index contributed by atoms with van der Waals surface area (Å²) in [5.74, 6) is 1.52. The average molecular weight is 404 g/mol. The minimum atomic E-state index is 0.158. The predicted octanol–water partition coefficient (Wildman–Crippen LogP) is 4.49. The van der Waals surface area contributed by atoms with Gasteiger partial charge in [-0.15, -0.1) is 0 Å². The normalized spacial score (nSPS) is 15.3. The highest BCUT2D eigenvalue weighted by atomic mass is 16.4. The number of carbonyl (C=O) groups is 1. The highest BCUT2D eigenvalue weighted by Crippen LogP contribution is 2.33. The van der Waals surface area contributed by atoms with Crippen molar-refractivity contribution in [3.05, 3.63) is 66.6 Å². The summed E-state index contributed by atoms with van der Waals surface area (Å²) in [4.78, 5) is 21.8. The topological polar surface area (TPSA) is 49.6 Å². The molecule has 0 bridgehead atoms. The van der Waals surface area contributed by atoms with Crippen LogP contribution < -0.4 is 0 Å². The number of carbonyl (C=O) groups excluding carboxylic acids is 1. The van der Waals surface area contributed by atoms with Crippen molar-refractivity contribution < 1.29 is 9.21 Å². The quantitative estimate of drug-likeness (QED) is 0.608. The number of hydrogen-bond acceptors (Lipinski definition) is 4. The van der Waals surface area contributed by atoms with Gasteiger partial charge in [-0.3, -0.25) is 4.79 Å². The number of nitrogens with zero attached hydrogens (tertiary/aromatic N) is 3. The molecule has 1 amide bonds. The maximum absolute atomic E-state index is 12.8. The number of oxazole rings is 1. The Morgan fingerprint density at radius 1 is 1.03 bits per heavy atom. The Balaban J connectivity index is 1.49. The molecule has 0 saturated carbocycles. The van der Waals surface area contributed by atoms with Crippen LogP contribution in [0, 0.1) is 0 Å². The smallest absolute Gasteiger partial charge is 0.223 e. The van der Waals surface area contributed by atoms with Crippen molar-refractivity contribution in [3.8, 4) is 22.6 Å². The number of hydrogen-bond donors (Lipinski definition) is 0. The van der Waals surface area contributed by atoms with Crippen LogP contribution in [0.5, 0.6) is 0 Å². The molecule has 0 radical (unpaired) electrons. The van der Waals surface area contributed by atoms with Crippen LogP contribution in [0.3, 0.4) is 0 Å². The molecule has 1 saturated heterocycles. The van der Waals surface area contributed by atoms with Crippen LogP contribution in [0.2, 0.25) is 0 Å². The number of piperidine rings is 1. The van der Waals surface area contributed by atoms with E-state index in [4.69, 9.17) is 9.40 Å². The molecule has 1 fully saturated rings. The number of amides is 1. The molecule has 2 aromatic carbocycles. The van der Waals surface area contributed by atoms with Crippen LogP contribution in [0.1, 0.15) is 25.2 Å². The van der Waals surface area contributed by atoms with Crippen LogP contribution in [0.4, 0.5) is 0 Å². The summed E-state index contributed by atoms with van der Waals surface area (Å²) in [5, 5.41) is 0. The van der Waals surface area contributed by atoms with Gasteiger partial charge in [-0.05, 0) is 33.0 Å². The van der Waals surface area contributed by atoms with Gasteiger partial charge in [0.15, 0.2) is 11.7 Å². The summed E-state index contributed by atoms with van der Waals surface area (Å²) < 4.78 is 6.16. The summed E-state index contributed by atoms with van der Waals surface area (Å²) >= 11 is 0. The monoisotopic (exact) mass is 403 g/mol. The maximum atomic E-state index is 12.8. The summed E-state index contributed by atoms with van der Waals surface area (Å²) in [7, 11) is 4.06. The third kappa shape index (κ3) is 4.62. The van der Waals surface area contributed by atoms with E-state index in [1.54, 1.807) is 0 Å². The molecular weight excluding hydrogens is 374 g/mol. The van der Waals surface area contributed by atoms with Gasteiger partial charge in [0.05, 0.1) is 0 Å². The first kappa shape index (κ1) is 20.4. The van der Waals surface area contributed by atoms with Crippen molar-refractivity contribution >= 4 is 5.91 Å². The van der Waals surface area contributed by atoms with Crippen LogP contribution in [-0.2, 0) is 11.2 Å². The molecule has 5 heteroatoms. The van der Waals surface area contributed by atoms with E-state index >= 15 is 0 Å². The third-order valence-corrected chi connectivity index (χ3v) is 5.94. The molecule has 0 spiro atoms. The lowest BCUT2D eigenvalue weighted by molar-refractivity contribution is -0.132. The van der Waals surface area contributed by atoms with E-state index in [9.17, 15) is 4.79 Å². The van der Waals surface area contributed by atoms with E-state index in [1.807, 2.05) is 72.6 Å². The Hall–Kier alpha value is -2.92. The molecule has 4 rings (SSSR count). The fourth-order valence-corrected chi connectivity index (χ4v) is 4.02. The fraction of sp³-hybridized carbons (Fsp3) is 0.360. The molecule has 1 aliphatic rings. The molecule has 3 aromatic rings. The van der Waals surface area contributed by atoms with Crippen LogP contribution in [0.25, 0.3) is 22.6 Å². The molecule has 5 nitrogen and oxygen atoms in total. The minimum Gasteiger partial charge on any atom is -0.440 e. The highest BCUT2D eigenvalue weighted by Gasteiger charge is 2.24. The maximum Gasteiger partial charge on any atom is 0.223 e. The summed E-state index contributed by atoms with van der Waals surface area (Å²) in [6, 6.07) is 20.4. The molecule has 1 aromatic heterocycles. The molecule has 0 unspecified atom stereocenters. The zero-order valence-electron chi connectivity index (χ0n) is 17.8. The first-order chi connectivity index (χ1) is 14.6. The highest BCUT2D eigenvalue weighted by molar-refractivity contribution is 5.78. The van der Waals surface area contributed by atoms with Gasteiger partial charge in [0.2, 0.25) is 5.91 Å². The molecule has 0 atom stereocenters. The van der Waals surface area contributed by atoms with Crippen LogP contribution >= 0.6 is 0 Å². The summed E-state index contributed by atoms with van der Waals surface area (Å²) in [5.41, 5.74) is 2.83. The van der Waals surface area contributed by atoms with Crippen molar-refractivity contribution in [1.29, 1.82) is 0 Å². The summed E-state index contributed by atoms with van der Waals surface area (Å²) in [6.07, 6.45) is 2.98. The van der Waals surface area contributed by atoms with E-state index in [2.05, 4.69) is 11.9 Å². The van der Waals surface area contributed by atoms with E-state index in [1.165, 1.54) is 0 Å². The Morgan fingerprint density at radius 2 is 1.63 bits per heavy atom. The predicted molar refractivity (Wildman–Crippen MR) is 119 cm³/mol. The lowest BCUT2D eigenvalue weighted by atomic mass is 10.0. The van der Waals surface area contributed by atoms with E-state index in [0.29, 0.717) is 24.8 Å². The Labute approximate surface area is 178 Å². The number of aryl methyl sites for hydroxylation is 1. The second kappa shape index (κ2) is 9.26. The van der Waals surface area contributed by atoms with Crippen molar-refractivity contribution in [2.45, 2.75) is 31.7 Å². The first-order valence-corrected chi connectivity index (χ1v) is 10.7. The van der Waals surface area contributed by atoms with Gasteiger partial charge in [-0.25, -0.2) is 4.98 Å². The van der Waals surface area contributed by atoms with Crippen molar-refractivity contribution in [3.63, 3.8) is 0 Å². The van der Waals surface area contributed by atoms with Gasteiger partial charge in [-0.2, -0.15) is 0 Å². The molecule has 2 heterocycles. The van der Waals surface area contributed by atoms with Gasteiger partial charge in [-0.1, -0.05) is 60.7 Å².